The Bertz CT molecular complexity index is 134. The molecule has 1 unspecified atom stereocenters. The van der Waals surface area contributed by atoms with Crippen LogP contribution in [0.4, 0.5) is 0 Å². The van der Waals surface area contributed by atoms with Crippen LogP contribution in [0.2, 0.25) is 0 Å². The smallest absolute Gasteiger partial charge is 0.133 e. The first-order chi connectivity index (χ1) is 4.66. The predicted octanol–water partition coefficient (Wildman–Crippen LogP) is 1.99. The second kappa shape index (κ2) is 5.55. The quantitative estimate of drug-likeness (QED) is 0.483. The molecule has 0 heterocycles. The van der Waals surface area contributed by atoms with Gasteiger partial charge in [-0.05, 0) is 12.8 Å². The molecule has 0 aromatic heterocycles. The van der Waals surface area contributed by atoms with E-state index in [1.54, 1.807) is 0 Å². The first-order valence-electron chi connectivity index (χ1n) is 3.51. The van der Waals surface area contributed by atoms with Crippen LogP contribution >= 0.6 is 9.24 Å². The van der Waals surface area contributed by atoms with E-state index in [1.807, 2.05) is 6.92 Å². The molecule has 3 heteroatoms. The van der Waals surface area contributed by atoms with Gasteiger partial charge in [-0.3, -0.25) is 4.79 Å². The van der Waals surface area contributed by atoms with E-state index in [2.05, 4.69) is 9.24 Å². The molecule has 0 fully saturated rings. The molecule has 10 heavy (non-hydrogen) atoms. The third-order valence-electron chi connectivity index (χ3n) is 1.20. The second-order valence-electron chi connectivity index (χ2n) is 2.31. The van der Waals surface area contributed by atoms with Gasteiger partial charge in [-0.2, -0.15) is 0 Å². The van der Waals surface area contributed by atoms with Crippen molar-refractivity contribution in [1.29, 1.82) is 5.41 Å². The minimum Gasteiger partial charge on any atom is -0.305 e. The van der Waals surface area contributed by atoms with Crippen molar-refractivity contribution in [3.8, 4) is 0 Å². The fraction of sp³-hybridized carbons (Fsp3) is 0.714. The van der Waals surface area contributed by atoms with Gasteiger partial charge in [-0.15, -0.1) is 0 Å². The Hall–Kier alpha value is -0.230. The molecule has 0 bridgehead atoms. The Morgan fingerprint density at radius 3 is 2.40 bits per heavy atom. The lowest BCUT2D eigenvalue weighted by Gasteiger charge is -1.95. The molecule has 0 aromatic carbocycles. The van der Waals surface area contributed by atoms with E-state index in [9.17, 15) is 4.79 Å². The first-order valence-corrected chi connectivity index (χ1v) is 4.09. The van der Waals surface area contributed by atoms with Crippen LogP contribution in [-0.2, 0) is 4.79 Å². The summed E-state index contributed by atoms with van der Waals surface area (Å²) in [5, 5.41) is 7.03. The van der Waals surface area contributed by atoms with E-state index in [1.165, 1.54) is 0 Å². The first kappa shape index (κ1) is 9.77. The third kappa shape index (κ3) is 5.90. The van der Waals surface area contributed by atoms with Crippen molar-refractivity contribution in [2.45, 2.75) is 32.6 Å². The molecule has 0 aliphatic heterocycles. The molecule has 58 valence electrons. The van der Waals surface area contributed by atoms with Crippen molar-refractivity contribution in [2.24, 2.45) is 0 Å². The highest BCUT2D eigenvalue weighted by Gasteiger charge is 1.99. The average Bonchev–Trinajstić information content (AvgIpc) is 1.85. The van der Waals surface area contributed by atoms with Crippen LogP contribution in [0.15, 0.2) is 0 Å². The SMILES string of the molecule is CCCC(=O)CCC(=N)P. The summed E-state index contributed by atoms with van der Waals surface area (Å²) in [7, 11) is 2.29. The van der Waals surface area contributed by atoms with Crippen molar-refractivity contribution >= 4 is 20.5 Å². The minimum absolute atomic E-state index is 0.273. The highest BCUT2D eigenvalue weighted by molar-refractivity contribution is 7.40. The van der Waals surface area contributed by atoms with Crippen LogP contribution in [0.5, 0.6) is 0 Å². The zero-order valence-electron chi connectivity index (χ0n) is 6.31. The molecule has 0 saturated carbocycles. The van der Waals surface area contributed by atoms with Gasteiger partial charge in [0.2, 0.25) is 0 Å². The third-order valence-corrected chi connectivity index (χ3v) is 1.49. The largest absolute Gasteiger partial charge is 0.305 e. The van der Waals surface area contributed by atoms with Crippen LogP contribution in [0.25, 0.3) is 0 Å². The number of carbonyl (C=O) groups is 1. The van der Waals surface area contributed by atoms with Crippen molar-refractivity contribution in [1.82, 2.24) is 0 Å². The Morgan fingerprint density at radius 2 is 2.00 bits per heavy atom. The van der Waals surface area contributed by atoms with Gasteiger partial charge >= 0.3 is 0 Å². The van der Waals surface area contributed by atoms with Crippen LogP contribution < -0.4 is 0 Å². The molecule has 2 nitrogen and oxygen atoms in total. The molecule has 0 amide bonds. The molecule has 1 N–H and O–H groups in total. The molecular formula is C7H14NOP. The number of rotatable bonds is 5. The van der Waals surface area contributed by atoms with Gasteiger partial charge in [-0.25, -0.2) is 0 Å². The van der Waals surface area contributed by atoms with Gasteiger partial charge < -0.3 is 5.41 Å². The van der Waals surface area contributed by atoms with Crippen molar-refractivity contribution in [2.75, 3.05) is 0 Å². The maximum atomic E-state index is 10.8. The fourth-order valence-corrected chi connectivity index (χ4v) is 0.822. The summed E-state index contributed by atoms with van der Waals surface area (Å²) in [4.78, 5) is 10.8. The summed E-state index contributed by atoms with van der Waals surface area (Å²) in [5.74, 6) is 0.273. The second-order valence-corrected chi connectivity index (χ2v) is 3.01. The summed E-state index contributed by atoms with van der Waals surface area (Å²) >= 11 is 0. The highest BCUT2D eigenvalue weighted by atomic mass is 31.0. The zero-order valence-corrected chi connectivity index (χ0v) is 7.47. The number of Topliss-reactive ketones (excluding diaryl/α,β-unsaturated/α-hetero) is 1. The monoisotopic (exact) mass is 159 g/mol. The fourth-order valence-electron chi connectivity index (χ4n) is 0.678. The molecule has 0 aliphatic rings. The topological polar surface area (TPSA) is 40.9 Å². The lowest BCUT2D eigenvalue weighted by Crippen LogP contribution is -1.98. The summed E-state index contributed by atoms with van der Waals surface area (Å²) in [6, 6.07) is 0. The number of hydrogen-bond donors (Lipinski definition) is 1. The Balaban J connectivity index is 3.30. The van der Waals surface area contributed by atoms with Crippen LogP contribution in [-0.4, -0.2) is 11.2 Å². The molecule has 0 aliphatic carbocycles. The van der Waals surface area contributed by atoms with E-state index in [0.29, 0.717) is 24.7 Å². The molecule has 0 aromatic rings. The molecular weight excluding hydrogens is 145 g/mol. The maximum Gasteiger partial charge on any atom is 0.133 e. The van der Waals surface area contributed by atoms with E-state index in [0.717, 1.165) is 6.42 Å². The van der Waals surface area contributed by atoms with Crippen molar-refractivity contribution < 1.29 is 4.79 Å². The van der Waals surface area contributed by atoms with Gasteiger partial charge in [0.25, 0.3) is 0 Å². The normalized spacial score (nSPS) is 9.40. The minimum atomic E-state index is 0.273. The summed E-state index contributed by atoms with van der Waals surface area (Å²) in [6.07, 6.45) is 2.72. The van der Waals surface area contributed by atoms with Crippen LogP contribution in [0, 0.1) is 5.41 Å². The van der Waals surface area contributed by atoms with Crippen molar-refractivity contribution in [3.05, 3.63) is 0 Å². The molecule has 0 radical (unpaired) electrons. The van der Waals surface area contributed by atoms with Crippen LogP contribution in [0.3, 0.4) is 0 Å². The van der Waals surface area contributed by atoms with Crippen LogP contribution in [0.1, 0.15) is 32.6 Å². The van der Waals surface area contributed by atoms with Crippen molar-refractivity contribution in [3.63, 3.8) is 0 Å². The molecule has 0 saturated heterocycles. The number of hydrogen-bond acceptors (Lipinski definition) is 2. The Morgan fingerprint density at radius 1 is 1.40 bits per heavy atom. The summed E-state index contributed by atoms with van der Waals surface area (Å²) in [6.45, 7) is 1.99. The highest BCUT2D eigenvalue weighted by Crippen LogP contribution is 2.01. The Kier molecular flexibility index (Phi) is 5.42. The maximum absolute atomic E-state index is 10.8. The van der Waals surface area contributed by atoms with Gasteiger partial charge in [0.15, 0.2) is 0 Å². The zero-order chi connectivity index (χ0) is 7.98. The van der Waals surface area contributed by atoms with E-state index >= 15 is 0 Å². The molecule has 1 atom stereocenters. The lowest BCUT2D eigenvalue weighted by molar-refractivity contribution is -0.118. The summed E-state index contributed by atoms with van der Waals surface area (Å²) in [5.41, 5.74) is 0.518. The van der Waals surface area contributed by atoms with Gasteiger partial charge in [0.05, 0.1) is 0 Å². The van der Waals surface area contributed by atoms with E-state index in [-0.39, 0.29) is 5.78 Å². The standard InChI is InChI=1S/C7H14NOP/c1-2-3-6(9)4-5-7(8)10/h8H,2-5,10H2,1H3. The van der Waals surface area contributed by atoms with E-state index < -0.39 is 0 Å². The lowest BCUT2D eigenvalue weighted by atomic mass is 10.1. The molecule has 0 rings (SSSR count). The number of ketones is 1. The van der Waals surface area contributed by atoms with E-state index in [4.69, 9.17) is 5.41 Å². The molecule has 0 spiro atoms. The average molecular weight is 159 g/mol. The number of carbonyl (C=O) groups excluding carboxylic acids is 1. The van der Waals surface area contributed by atoms with Gasteiger partial charge in [0.1, 0.15) is 5.78 Å². The van der Waals surface area contributed by atoms with Gasteiger partial charge in [0, 0.05) is 18.3 Å². The number of nitrogens with one attached hydrogen (secondary N) is 1. The predicted molar refractivity (Wildman–Crippen MR) is 46.6 cm³/mol. The Labute approximate surface area is 64.1 Å². The summed E-state index contributed by atoms with van der Waals surface area (Å²) < 4.78 is 0. The van der Waals surface area contributed by atoms with Gasteiger partial charge in [-0.1, -0.05) is 16.2 Å².